The van der Waals surface area contributed by atoms with Crippen LogP contribution in [0.4, 0.5) is 0 Å². The smallest absolute Gasteiger partial charge is 0.311 e. The number of cyclic esters (lactones) is 1. The van der Waals surface area contributed by atoms with E-state index >= 15 is 0 Å². The van der Waals surface area contributed by atoms with Crippen molar-refractivity contribution in [1.29, 1.82) is 0 Å². The summed E-state index contributed by atoms with van der Waals surface area (Å²) in [4.78, 5) is 25.4. The van der Waals surface area contributed by atoms with Crippen LogP contribution < -0.4 is 0 Å². The van der Waals surface area contributed by atoms with Gasteiger partial charge in [-0.1, -0.05) is 38.9 Å². The van der Waals surface area contributed by atoms with Gasteiger partial charge in [0.15, 0.2) is 0 Å². The van der Waals surface area contributed by atoms with Crippen molar-refractivity contribution in [2.45, 2.75) is 91.2 Å². The molecule has 3 rings (SSSR count). The molecular formula is C25H38O5. The van der Waals surface area contributed by atoms with Crippen molar-refractivity contribution in [2.75, 3.05) is 0 Å². The van der Waals surface area contributed by atoms with Crippen LogP contribution in [0.3, 0.4) is 0 Å². The molecule has 2 aliphatic carbocycles. The molecule has 0 amide bonds. The SMILES string of the molecule is [2H]C([2H])([2H])[C@H]1C=C2C=C[C@H](C)[C@H](CCC3C[C@@H](O)CC(=O)O3)[C@H]2[C@@H](OC(=O)C(CC)(C([2H])([2H])[2H])C([2H])([2H])[2H])C1. The fraction of sp³-hybridized carbons (Fsp3) is 0.760. The predicted octanol–water partition coefficient (Wildman–Crippen LogP) is 4.59. The molecule has 0 aromatic carbocycles. The summed E-state index contributed by atoms with van der Waals surface area (Å²) in [5.74, 6) is -3.61. The fourth-order valence-electron chi connectivity index (χ4n) is 4.81. The van der Waals surface area contributed by atoms with Crippen molar-refractivity contribution < 1.29 is 36.5 Å². The molecule has 0 saturated carbocycles. The van der Waals surface area contributed by atoms with Gasteiger partial charge in [0, 0.05) is 24.7 Å². The van der Waals surface area contributed by atoms with E-state index in [9.17, 15) is 14.7 Å². The van der Waals surface area contributed by atoms with Crippen LogP contribution in [-0.4, -0.2) is 35.4 Å². The number of hydrogen-bond acceptors (Lipinski definition) is 5. The first-order valence-electron chi connectivity index (χ1n) is 15.3. The minimum absolute atomic E-state index is 0.0527. The third-order valence-corrected chi connectivity index (χ3v) is 6.59. The van der Waals surface area contributed by atoms with E-state index in [1.807, 2.05) is 13.0 Å². The van der Waals surface area contributed by atoms with Gasteiger partial charge in [0.05, 0.1) is 17.9 Å². The Morgan fingerprint density at radius 1 is 1.37 bits per heavy atom. The van der Waals surface area contributed by atoms with Crippen LogP contribution in [-0.2, 0) is 19.1 Å². The van der Waals surface area contributed by atoms with Gasteiger partial charge in [0.25, 0.3) is 0 Å². The Morgan fingerprint density at radius 3 is 2.83 bits per heavy atom. The number of carbonyl (C=O) groups excluding carboxylic acids is 2. The average Bonchev–Trinajstić information content (AvgIpc) is 2.76. The molecule has 168 valence electrons. The highest BCUT2D eigenvalue weighted by Crippen LogP contribution is 2.45. The van der Waals surface area contributed by atoms with E-state index in [2.05, 4.69) is 0 Å². The number of aliphatic hydroxyl groups is 1. The van der Waals surface area contributed by atoms with Crippen LogP contribution in [0.1, 0.15) is 85.3 Å². The Bertz CT molecular complexity index is 968. The number of aliphatic hydroxyl groups excluding tert-OH is 1. The fourth-order valence-corrected chi connectivity index (χ4v) is 4.81. The largest absolute Gasteiger partial charge is 0.462 e. The Balaban J connectivity index is 1.97. The topological polar surface area (TPSA) is 72.8 Å². The number of fused-ring (bicyclic) bond motifs is 1. The van der Waals surface area contributed by atoms with Gasteiger partial charge in [-0.2, -0.15) is 0 Å². The van der Waals surface area contributed by atoms with E-state index in [1.54, 1.807) is 12.2 Å². The average molecular weight is 428 g/mol. The summed E-state index contributed by atoms with van der Waals surface area (Å²) in [6, 6.07) is 0. The maximum Gasteiger partial charge on any atom is 0.311 e. The third-order valence-electron chi connectivity index (χ3n) is 6.59. The van der Waals surface area contributed by atoms with Gasteiger partial charge in [0.1, 0.15) is 12.2 Å². The summed E-state index contributed by atoms with van der Waals surface area (Å²) in [7, 11) is 0. The highest BCUT2D eigenvalue weighted by Gasteiger charge is 2.43. The molecule has 1 saturated heterocycles. The van der Waals surface area contributed by atoms with Gasteiger partial charge < -0.3 is 14.6 Å². The van der Waals surface area contributed by atoms with Gasteiger partial charge in [-0.25, -0.2) is 0 Å². The molecule has 5 nitrogen and oxygen atoms in total. The first-order valence-corrected chi connectivity index (χ1v) is 10.8. The monoisotopic (exact) mass is 427 g/mol. The highest BCUT2D eigenvalue weighted by molar-refractivity contribution is 5.76. The van der Waals surface area contributed by atoms with Crippen molar-refractivity contribution in [3.05, 3.63) is 23.8 Å². The summed E-state index contributed by atoms with van der Waals surface area (Å²) in [6.45, 7) is -5.53. The van der Waals surface area contributed by atoms with E-state index in [-0.39, 0.29) is 24.7 Å². The zero-order chi connectivity index (χ0) is 29.6. The lowest BCUT2D eigenvalue weighted by molar-refractivity contribution is -0.166. The molecule has 0 bridgehead atoms. The first-order chi connectivity index (χ1) is 17.8. The minimum Gasteiger partial charge on any atom is -0.462 e. The Morgan fingerprint density at radius 2 is 2.17 bits per heavy atom. The lowest BCUT2D eigenvalue weighted by Gasteiger charge is -2.44. The Hall–Kier alpha value is -1.62. The van der Waals surface area contributed by atoms with Crippen molar-refractivity contribution in [1.82, 2.24) is 0 Å². The third kappa shape index (κ3) is 5.16. The van der Waals surface area contributed by atoms with Gasteiger partial charge >= 0.3 is 11.9 Å². The molecule has 1 heterocycles. The summed E-state index contributed by atoms with van der Waals surface area (Å²) in [5, 5.41) is 9.98. The van der Waals surface area contributed by atoms with Gasteiger partial charge in [-0.15, -0.1) is 0 Å². The van der Waals surface area contributed by atoms with Crippen LogP contribution in [0.5, 0.6) is 0 Å². The molecule has 0 aromatic rings. The first kappa shape index (κ1) is 13.7. The van der Waals surface area contributed by atoms with E-state index < -0.39 is 74.5 Å². The van der Waals surface area contributed by atoms with Crippen molar-refractivity contribution >= 4 is 11.9 Å². The zero-order valence-electron chi connectivity index (χ0n) is 26.6. The molecule has 7 atom stereocenters. The second-order valence-corrected chi connectivity index (χ2v) is 8.90. The number of esters is 2. The van der Waals surface area contributed by atoms with Gasteiger partial charge in [-0.3, -0.25) is 9.59 Å². The Kier molecular flexibility index (Phi) is 4.23. The lowest BCUT2D eigenvalue weighted by Crippen LogP contribution is -2.43. The van der Waals surface area contributed by atoms with Crippen molar-refractivity contribution in [3.63, 3.8) is 0 Å². The maximum absolute atomic E-state index is 13.5. The second-order valence-electron chi connectivity index (χ2n) is 8.90. The molecule has 0 radical (unpaired) electrons. The molecule has 30 heavy (non-hydrogen) atoms. The normalized spacial score (nSPS) is 42.2. The standard InChI is InChI=1S/C25H38O5/c1-6-25(4,5)24(28)30-21-12-15(2)11-17-8-7-16(3)20(23(17)21)10-9-19-13-18(26)14-22(27)29-19/h7-8,11,15-16,18-21,23,26H,6,9-10,12-14H2,1-5H3/t15-,16-,18+,19?,20-,21-,23-/m0/s1/i2D3,4D3,5D3. The van der Waals surface area contributed by atoms with Crippen LogP contribution in [0.25, 0.3) is 0 Å². The predicted molar refractivity (Wildman–Crippen MR) is 115 cm³/mol. The molecular weight excluding hydrogens is 380 g/mol. The molecule has 1 N–H and O–H groups in total. The quantitative estimate of drug-likeness (QED) is 0.628. The van der Waals surface area contributed by atoms with Crippen LogP contribution in [0, 0.1) is 29.1 Å². The van der Waals surface area contributed by atoms with Crippen molar-refractivity contribution in [2.24, 2.45) is 29.1 Å². The molecule has 1 aliphatic heterocycles. The summed E-state index contributed by atoms with van der Waals surface area (Å²) >= 11 is 0. The summed E-state index contributed by atoms with van der Waals surface area (Å²) < 4.78 is 82.8. The number of allylic oxidation sites excluding steroid dienone is 3. The molecule has 0 aromatic heterocycles. The minimum atomic E-state index is -3.19. The van der Waals surface area contributed by atoms with Gasteiger partial charge in [0.2, 0.25) is 0 Å². The number of hydrogen-bond donors (Lipinski definition) is 1. The van der Waals surface area contributed by atoms with Crippen LogP contribution in [0.15, 0.2) is 23.8 Å². The van der Waals surface area contributed by atoms with E-state index in [0.717, 1.165) is 0 Å². The molecule has 3 aliphatic rings. The molecule has 0 spiro atoms. The van der Waals surface area contributed by atoms with E-state index in [1.165, 1.54) is 6.92 Å². The lowest BCUT2D eigenvalue weighted by atomic mass is 9.65. The molecule has 1 unspecified atom stereocenters. The number of ether oxygens (including phenoxy) is 2. The second kappa shape index (κ2) is 9.25. The maximum atomic E-state index is 13.5. The van der Waals surface area contributed by atoms with Gasteiger partial charge in [-0.05, 0) is 62.7 Å². The number of carbonyl (C=O) groups is 2. The van der Waals surface area contributed by atoms with Crippen LogP contribution >= 0.6 is 0 Å². The highest BCUT2D eigenvalue weighted by atomic mass is 16.6. The van der Waals surface area contributed by atoms with Crippen LogP contribution in [0.2, 0.25) is 0 Å². The Labute approximate surface area is 193 Å². The summed E-state index contributed by atoms with van der Waals surface area (Å²) in [5.41, 5.74) is -2.14. The molecule has 5 heteroatoms. The zero-order valence-corrected chi connectivity index (χ0v) is 17.6. The van der Waals surface area contributed by atoms with Crippen molar-refractivity contribution in [3.8, 4) is 0 Å². The number of rotatable bonds is 6. The molecule has 1 fully saturated rings. The van der Waals surface area contributed by atoms with E-state index in [4.69, 9.17) is 21.8 Å². The van der Waals surface area contributed by atoms with E-state index in [0.29, 0.717) is 24.8 Å². The summed E-state index contributed by atoms with van der Waals surface area (Å²) in [6.07, 6.45) is 3.50.